The van der Waals surface area contributed by atoms with Crippen LogP contribution in [-0.4, -0.2) is 39.3 Å². The van der Waals surface area contributed by atoms with Crippen molar-refractivity contribution in [3.05, 3.63) is 35.9 Å². The fourth-order valence-electron chi connectivity index (χ4n) is 2.56. The lowest BCUT2D eigenvalue weighted by molar-refractivity contribution is 0.520. The smallest absolute Gasteiger partial charge is 0.151 e. The second-order valence-electron chi connectivity index (χ2n) is 5.48. The number of hydrogen-bond acceptors (Lipinski definition) is 6. The molecule has 1 saturated heterocycles. The van der Waals surface area contributed by atoms with Crippen molar-refractivity contribution in [3.63, 3.8) is 0 Å². The maximum Gasteiger partial charge on any atom is 0.151 e. The quantitative estimate of drug-likeness (QED) is 0.929. The zero-order valence-electron chi connectivity index (χ0n) is 12.5. The largest absolute Gasteiger partial charge is 0.367 e. The standard InChI is InChI=1S/C15H20N6/c1-11-3-4-15(20-19-11)21-7-5-13(6-8-21)18-14-9-12(2)16-10-17-14/h3-4,9-10,13H,5-8H2,1-2H3,(H,16,17,18). The Bertz CT molecular complexity index is 589. The summed E-state index contributed by atoms with van der Waals surface area (Å²) in [5, 5.41) is 11.9. The van der Waals surface area contributed by atoms with Gasteiger partial charge in [-0.2, -0.15) is 5.10 Å². The third kappa shape index (κ3) is 3.45. The Morgan fingerprint density at radius 2 is 1.86 bits per heavy atom. The third-order valence-electron chi connectivity index (χ3n) is 3.76. The van der Waals surface area contributed by atoms with Crippen molar-refractivity contribution in [2.45, 2.75) is 32.7 Å². The fraction of sp³-hybridized carbons (Fsp3) is 0.467. The van der Waals surface area contributed by atoms with E-state index in [-0.39, 0.29) is 0 Å². The van der Waals surface area contributed by atoms with Crippen LogP contribution in [0.3, 0.4) is 0 Å². The van der Waals surface area contributed by atoms with Crippen molar-refractivity contribution in [2.24, 2.45) is 0 Å². The molecular formula is C15H20N6. The van der Waals surface area contributed by atoms with Crippen molar-refractivity contribution < 1.29 is 0 Å². The molecule has 1 fully saturated rings. The number of anilines is 2. The third-order valence-corrected chi connectivity index (χ3v) is 3.76. The molecule has 21 heavy (non-hydrogen) atoms. The van der Waals surface area contributed by atoms with E-state index in [1.807, 2.05) is 32.0 Å². The fourth-order valence-corrected chi connectivity index (χ4v) is 2.56. The zero-order valence-corrected chi connectivity index (χ0v) is 12.5. The summed E-state index contributed by atoms with van der Waals surface area (Å²) in [4.78, 5) is 10.7. The van der Waals surface area contributed by atoms with Crippen molar-refractivity contribution in [1.82, 2.24) is 20.2 Å². The lowest BCUT2D eigenvalue weighted by Gasteiger charge is -2.33. The van der Waals surface area contributed by atoms with Gasteiger partial charge in [-0.1, -0.05) is 0 Å². The van der Waals surface area contributed by atoms with Gasteiger partial charge in [0, 0.05) is 30.9 Å². The van der Waals surface area contributed by atoms with Gasteiger partial charge in [-0.25, -0.2) is 9.97 Å². The van der Waals surface area contributed by atoms with Crippen LogP contribution in [-0.2, 0) is 0 Å². The Hall–Kier alpha value is -2.24. The number of aromatic nitrogens is 4. The highest BCUT2D eigenvalue weighted by atomic mass is 15.3. The van der Waals surface area contributed by atoms with Crippen LogP contribution >= 0.6 is 0 Å². The topological polar surface area (TPSA) is 66.8 Å². The van der Waals surface area contributed by atoms with E-state index in [2.05, 4.69) is 30.4 Å². The Balaban J connectivity index is 1.56. The lowest BCUT2D eigenvalue weighted by Crippen LogP contribution is -2.39. The molecule has 0 bridgehead atoms. The predicted molar refractivity (Wildman–Crippen MR) is 82.4 cm³/mol. The summed E-state index contributed by atoms with van der Waals surface area (Å²) in [5.41, 5.74) is 1.94. The molecule has 1 N–H and O–H groups in total. The minimum atomic E-state index is 0.453. The van der Waals surface area contributed by atoms with Crippen LogP contribution in [0.5, 0.6) is 0 Å². The average Bonchev–Trinajstić information content (AvgIpc) is 2.49. The molecule has 0 unspecified atom stereocenters. The van der Waals surface area contributed by atoms with Gasteiger partial charge in [0.2, 0.25) is 0 Å². The highest BCUT2D eigenvalue weighted by Gasteiger charge is 2.20. The van der Waals surface area contributed by atoms with Crippen LogP contribution in [0.4, 0.5) is 11.6 Å². The summed E-state index contributed by atoms with van der Waals surface area (Å²) in [6, 6.07) is 6.49. The van der Waals surface area contributed by atoms with E-state index in [4.69, 9.17) is 0 Å². The summed E-state index contributed by atoms with van der Waals surface area (Å²) in [5.74, 6) is 1.88. The van der Waals surface area contributed by atoms with Gasteiger partial charge in [-0.05, 0) is 38.8 Å². The SMILES string of the molecule is Cc1cc(NC2CCN(c3ccc(C)nn3)CC2)ncn1. The average molecular weight is 284 g/mol. The maximum atomic E-state index is 4.26. The van der Waals surface area contributed by atoms with Crippen LogP contribution in [0, 0.1) is 13.8 Å². The molecule has 0 aromatic carbocycles. The maximum absolute atomic E-state index is 4.26. The van der Waals surface area contributed by atoms with E-state index >= 15 is 0 Å². The number of nitrogens with one attached hydrogen (secondary N) is 1. The molecule has 0 atom stereocenters. The molecule has 1 aliphatic heterocycles. The monoisotopic (exact) mass is 284 g/mol. The number of aryl methyl sites for hydroxylation is 2. The van der Waals surface area contributed by atoms with Crippen LogP contribution in [0.25, 0.3) is 0 Å². The first-order valence-corrected chi connectivity index (χ1v) is 7.31. The molecule has 0 amide bonds. The summed E-state index contributed by atoms with van der Waals surface area (Å²) in [6.07, 6.45) is 3.74. The molecule has 6 nitrogen and oxygen atoms in total. The normalized spacial score (nSPS) is 16.0. The van der Waals surface area contributed by atoms with E-state index in [1.165, 1.54) is 0 Å². The molecule has 6 heteroatoms. The van der Waals surface area contributed by atoms with E-state index in [0.717, 1.165) is 49.0 Å². The van der Waals surface area contributed by atoms with Gasteiger partial charge in [0.15, 0.2) is 5.82 Å². The van der Waals surface area contributed by atoms with Gasteiger partial charge in [-0.3, -0.25) is 0 Å². The lowest BCUT2D eigenvalue weighted by atomic mass is 10.1. The van der Waals surface area contributed by atoms with Gasteiger partial charge in [-0.15, -0.1) is 5.10 Å². The first-order chi connectivity index (χ1) is 10.2. The van der Waals surface area contributed by atoms with Crippen LogP contribution in [0.1, 0.15) is 24.2 Å². The summed E-state index contributed by atoms with van der Waals surface area (Å²) in [7, 11) is 0. The second kappa shape index (κ2) is 6.03. The van der Waals surface area contributed by atoms with Crippen molar-refractivity contribution >= 4 is 11.6 Å². The number of piperidine rings is 1. The first-order valence-electron chi connectivity index (χ1n) is 7.31. The highest BCUT2D eigenvalue weighted by molar-refractivity contribution is 5.40. The predicted octanol–water partition coefficient (Wildman–Crippen LogP) is 1.96. The van der Waals surface area contributed by atoms with Crippen LogP contribution in [0.15, 0.2) is 24.5 Å². The summed E-state index contributed by atoms with van der Waals surface area (Å²) >= 11 is 0. The second-order valence-corrected chi connectivity index (χ2v) is 5.48. The van der Waals surface area contributed by atoms with E-state index in [9.17, 15) is 0 Å². The van der Waals surface area contributed by atoms with Crippen molar-refractivity contribution in [1.29, 1.82) is 0 Å². The molecule has 110 valence electrons. The van der Waals surface area contributed by atoms with Crippen LogP contribution in [0.2, 0.25) is 0 Å². The number of nitrogens with zero attached hydrogens (tertiary/aromatic N) is 5. The van der Waals surface area contributed by atoms with E-state index in [1.54, 1.807) is 6.33 Å². The molecule has 2 aromatic rings. The number of hydrogen-bond donors (Lipinski definition) is 1. The van der Waals surface area contributed by atoms with E-state index < -0.39 is 0 Å². The molecular weight excluding hydrogens is 264 g/mol. The molecule has 0 aliphatic carbocycles. The Morgan fingerprint density at radius 3 is 2.52 bits per heavy atom. The summed E-state index contributed by atoms with van der Waals surface area (Å²) in [6.45, 7) is 5.90. The van der Waals surface area contributed by atoms with E-state index in [0.29, 0.717) is 6.04 Å². The summed E-state index contributed by atoms with van der Waals surface area (Å²) < 4.78 is 0. The van der Waals surface area contributed by atoms with Crippen LogP contribution < -0.4 is 10.2 Å². The number of rotatable bonds is 3. The molecule has 0 spiro atoms. The molecule has 1 aliphatic rings. The van der Waals surface area contributed by atoms with Gasteiger partial charge in [0.1, 0.15) is 12.1 Å². The Kier molecular flexibility index (Phi) is 3.94. The van der Waals surface area contributed by atoms with Gasteiger partial charge in [0.25, 0.3) is 0 Å². The highest BCUT2D eigenvalue weighted by Crippen LogP contribution is 2.19. The van der Waals surface area contributed by atoms with Crippen molar-refractivity contribution in [2.75, 3.05) is 23.3 Å². The van der Waals surface area contributed by atoms with Gasteiger partial charge < -0.3 is 10.2 Å². The zero-order chi connectivity index (χ0) is 14.7. The minimum absolute atomic E-state index is 0.453. The van der Waals surface area contributed by atoms with Crippen molar-refractivity contribution in [3.8, 4) is 0 Å². The molecule has 3 heterocycles. The molecule has 0 saturated carbocycles. The molecule has 3 rings (SSSR count). The minimum Gasteiger partial charge on any atom is -0.367 e. The first kappa shape index (κ1) is 13.7. The molecule has 2 aromatic heterocycles. The Morgan fingerprint density at radius 1 is 1.05 bits per heavy atom. The Labute approximate surface area is 124 Å². The molecule has 0 radical (unpaired) electrons. The van der Waals surface area contributed by atoms with Gasteiger partial charge in [0.05, 0.1) is 5.69 Å². The van der Waals surface area contributed by atoms with Gasteiger partial charge >= 0.3 is 0 Å².